The second kappa shape index (κ2) is 7.59. The summed E-state index contributed by atoms with van der Waals surface area (Å²) in [5.41, 5.74) is 2.00. The fourth-order valence-corrected chi connectivity index (χ4v) is 3.06. The number of hydrogen-bond acceptors (Lipinski definition) is 6. The van der Waals surface area contributed by atoms with E-state index >= 15 is 0 Å². The Labute approximate surface area is 156 Å². The van der Waals surface area contributed by atoms with Crippen molar-refractivity contribution in [2.45, 2.75) is 19.8 Å². The van der Waals surface area contributed by atoms with Gasteiger partial charge in [-0.05, 0) is 31.9 Å². The number of carbonyl (C=O) groups is 1. The Morgan fingerprint density at radius 1 is 1.15 bits per heavy atom. The van der Waals surface area contributed by atoms with E-state index in [1.807, 2.05) is 13.0 Å². The van der Waals surface area contributed by atoms with Gasteiger partial charge < -0.3 is 30.6 Å². The Morgan fingerprint density at radius 2 is 1.93 bits per heavy atom. The second-order valence-electron chi connectivity index (χ2n) is 6.48. The number of phenolic OH excluding ortho intramolecular Hbond substituents is 3. The first-order valence-corrected chi connectivity index (χ1v) is 8.65. The molecule has 0 bridgehead atoms. The fraction of sp³-hybridized carbons (Fsp3) is 0.250. The average Bonchev–Trinajstić information content (AvgIpc) is 2.74. The van der Waals surface area contributed by atoms with Crippen molar-refractivity contribution in [1.29, 1.82) is 0 Å². The van der Waals surface area contributed by atoms with Gasteiger partial charge in [-0.2, -0.15) is 0 Å². The minimum absolute atomic E-state index is 0.0922. The average molecular weight is 370 g/mol. The lowest BCUT2D eigenvalue weighted by atomic mass is 10.1. The van der Waals surface area contributed by atoms with Gasteiger partial charge in [-0.15, -0.1) is 0 Å². The van der Waals surface area contributed by atoms with E-state index in [0.717, 1.165) is 5.57 Å². The van der Waals surface area contributed by atoms with E-state index < -0.39 is 0 Å². The minimum atomic E-state index is -0.372. The van der Waals surface area contributed by atoms with Crippen LogP contribution < -0.4 is 10.2 Å². The molecule has 7 nitrogen and oxygen atoms in total. The van der Waals surface area contributed by atoms with Crippen LogP contribution in [-0.4, -0.2) is 39.5 Å². The van der Waals surface area contributed by atoms with Crippen LogP contribution in [0.4, 0.5) is 17.1 Å². The molecule has 0 atom stereocenters. The van der Waals surface area contributed by atoms with Crippen molar-refractivity contribution in [1.82, 2.24) is 0 Å². The Balaban J connectivity index is 2.10. The first kappa shape index (κ1) is 18.6. The number of anilines is 3. The molecule has 2 aromatic carbocycles. The number of nitrogens with one attached hydrogen (secondary N) is 1. The van der Waals surface area contributed by atoms with Crippen molar-refractivity contribution in [2.24, 2.45) is 0 Å². The zero-order valence-corrected chi connectivity index (χ0v) is 14.9. The lowest BCUT2D eigenvalue weighted by Crippen LogP contribution is -2.30. The standard InChI is InChI=1S/C20H22N2O5/c1-12(4-3-9-23)7-8-22-15-10-13(24)11-17(26)19(15)21-18-14(20(22)27)5-2-6-16(18)25/h2,5-7,10-11,21,23-26H,3-4,8-9H2,1H3/b12-7+. The molecule has 2 aromatic rings. The van der Waals surface area contributed by atoms with Gasteiger partial charge in [0.1, 0.15) is 22.9 Å². The largest absolute Gasteiger partial charge is 0.508 e. The van der Waals surface area contributed by atoms with Crippen LogP contribution in [0.25, 0.3) is 0 Å². The van der Waals surface area contributed by atoms with Gasteiger partial charge in [0.15, 0.2) is 0 Å². The predicted molar refractivity (Wildman–Crippen MR) is 103 cm³/mol. The number of carbonyl (C=O) groups excluding carboxylic acids is 1. The van der Waals surface area contributed by atoms with E-state index in [1.54, 1.807) is 12.1 Å². The van der Waals surface area contributed by atoms with Crippen LogP contribution in [0, 0.1) is 0 Å². The van der Waals surface area contributed by atoms with Crippen LogP contribution in [0.15, 0.2) is 42.0 Å². The highest BCUT2D eigenvalue weighted by molar-refractivity contribution is 6.15. The molecule has 1 aliphatic heterocycles. The quantitative estimate of drug-likeness (QED) is 0.314. The lowest BCUT2D eigenvalue weighted by Gasteiger charge is -2.22. The maximum absolute atomic E-state index is 13.1. The number of rotatable bonds is 5. The third-order valence-electron chi connectivity index (χ3n) is 4.49. The number of aliphatic hydroxyl groups is 1. The number of benzene rings is 2. The molecule has 0 unspecified atom stereocenters. The van der Waals surface area contributed by atoms with Gasteiger partial charge >= 0.3 is 0 Å². The van der Waals surface area contributed by atoms with E-state index in [0.29, 0.717) is 18.5 Å². The van der Waals surface area contributed by atoms with Crippen molar-refractivity contribution in [3.05, 3.63) is 47.5 Å². The number of aromatic hydroxyl groups is 3. The van der Waals surface area contributed by atoms with Crippen LogP contribution in [-0.2, 0) is 0 Å². The molecule has 0 saturated heterocycles. The molecule has 0 saturated carbocycles. The van der Waals surface area contributed by atoms with E-state index in [9.17, 15) is 20.1 Å². The van der Waals surface area contributed by atoms with Crippen LogP contribution in [0.2, 0.25) is 0 Å². The molecule has 142 valence electrons. The molecule has 0 radical (unpaired) electrons. The summed E-state index contributed by atoms with van der Waals surface area (Å²) in [5.74, 6) is -0.902. The normalized spacial score (nSPS) is 13.6. The first-order chi connectivity index (χ1) is 12.9. The predicted octanol–water partition coefficient (Wildman–Crippen LogP) is 3.23. The van der Waals surface area contributed by atoms with Crippen LogP contribution >= 0.6 is 0 Å². The molecule has 7 heteroatoms. The van der Waals surface area contributed by atoms with Gasteiger partial charge in [0.2, 0.25) is 0 Å². The molecular formula is C20H22N2O5. The van der Waals surface area contributed by atoms with Crippen molar-refractivity contribution in [3.63, 3.8) is 0 Å². The van der Waals surface area contributed by atoms with Crippen LogP contribution in [0.3, 0.4) is 0 Å². The molecule has 1 heterocycles. The van der Waals surface area contributed by atoms with Crippen LogP contribution in [0.1, 0.15) is 30.1 Å². The number of hydrogen-bond donors (Lipinski definition) is 5. The highest BCUT2D eigenvalue weighted by atomic mass is 16.3. The summed E-state index contributed by atoms with van der Waals surface area (Å²) >= 11 is 0. The molecule has 0 fully saturated rings. The summed E-state index contributed by atoms with van der Waals surface area (Å²) in [6.07, 6.45) is 3.20. The molecule has 1 amide bonds. The summed E-state index contributed by atoms with van der Waals surface area (Å²) in [7, 11) is 0. The first-order valence-electron chi connectivity index (χ1n) is 8.65. The summed E-state index contributed by atoms with van der Waals surface area (Å²) in [4.78, 5) is 14.6. The SMILES string of the molecule is C/C(=C\CN1C(=O)c2cccc(O)c2Nc2c(O)cc(O)cc21)CCCO. The van der Waals surface area contributed by atoms with Crippen molar-refractivity contribution in [2.75, 3.05) is 23.4 Å². The number of fused-ring (bicyclic) bond motifs is 2. The van der Waals surface area contributed by atoms with Gasteiger partial charge in [-0.3, -0.25) is 4.79 Å². The Hall–Kier alpha value is -3.19. The highest BCUT2D eigenvalue weighted by Gasteiger charge is 2.29. The van der Waals surface area contributed by atoms with Gasteiger partial charge in [0, 0.05) is 25.3 Å². The molecule has 0 spiro atoms. The molecule has 5 N–H and O–H groups in total. The Kier molecular flexibility index (Phi) is 5.23. The topological polar surface area (TPSA) is 113 Å². The number of phenols is 3. The highest BCUT2D eigenvalue weighted by Crippen LogP contribution is 2.45. The summed E-state index contributed by atoms with van der Waals surface area (Å²) < 4.78 is 0. The summed E-state index contributed by atoms with van der Waals surface area (Å²) in [5, 5.41) is 42.3. The van der Waals surface area contributed by atoms with E-state index in [2.05, 4.69) is 5.32 Å². The number of nitrogens with zero attached hydrogens (tertiary/aromatic N) is 1. The van der Waals surface area contributed by atoms with Gasteiger partial charge in [0.25, 0.3) is 5.91 Å². The zero-order chi connectivity index (χ0) is 19.6. The molecule has 1 aliphatic rings. The monoisotopic (exact) mass is 370 g/mol. The molecule has 0 aromatic heterocycles. The molecular weight excluding hydrogens is 348 g/mol. The summed E-state index contributed by atoms with van der Waals surface area (Å²) in [6, 6.07) is 7.16. The Bertz CT molecular complexity index is 907. The van der Waals surface area contributed by atoms with E-state index in [-0.39, 0.29) is 53.2 Å². The molecule has 27 heavy (non-hydrogen) atoms. The number of allylic oxidation sites excluding steroid dienone is 1. The van der Waals surface area contributed by atoms with E-state index in [1.165, 1.54) is 23.1 Å². The van der Waals surface area contributed by atoms with Gasteiger partial charge in [-0.25, -0.2) is 0 Å². The maximum Gasteiger partial charge on any atom is 0.260 e. The second-order valence-corrected chi connectivity index (χ2v) is 6.48. The van der Waals surface area contributed by atoms with E-state index in [4.69, 9.17) is 5.11 Å². The fourth-order valence-electron chi connectivity index (χ4n) is 3.06. The van der Waals surface area contributed by atoms with Gasteiger partial charge in [-0.1, -0.05) is 17.7 Å². The smallest absolute Gasteiger partial charge is 0.260 e. The maximum atomic E-state index is 13.1. The Morgan fingerprint density at radius 3 is 2.67 bits per heavy atom. The third kappa shape index (κ3) is 3.68. The van der Waals surface area contributed by atoms with Crippen LogP contribution in [0.5, 0.6) is 17.2 Å². The van der Waals surface area contributed by atoms with Crippen molar-refractivity contribution in [3.8, 4) is 17.2 Å². The van der Waals surface area contributed by atoms with Gasteiger partial charge in [0.05, 0.1) is 16.9 Å². The molecule has 0 aliphatic carbocycles. The lowest BCUT2D eigenvalue weighted by molar-refractivity contribution is 0.0991. The van der Waals surface area contributed by atoms with Crippen molar-refractivity contribution < 1.29 is 25.2 Å². The number of para-hydroxylation sites is 1. The number of aliphatic hydroxyl groups excluding tert-OH is 1. The van der Waals surface area contributed by atoms with Crippen molar-refractivity contribution >= 4 is 23.0 Å². The molecule has 3 rings (SSSR count). The third-order valence-corrected chi connectivity index (χ3v) is 4.49. The summed E-state index contributed by atoms with van der Waals surface area (Å²) in [6.45, 7) is 2.22. The number of amides is 1. The zero-order valence-electron chi connectivity index (χ0n) is 14.9. The minimum Gasteiger partial charge on any atom is -0.508 e.